The van der Waals surface area contributed by atoms with E-state index in [1.54, 1.807) is 0 Å². The highest BCUT2D eigenvalue weighted by Gasteiger charge is 2.20. The number of carbonyl (C=O) groups excluding carboxylic acids is 2. The average molecular weight is 606 g/mol. The Morgan fingerprint density at radius 2 is 1.84 bits per heavy atom. The molecule has 44 heavy (non-hydrogen) atoms. The Labute approximate surface area is 250 Å². The maximum Gasteiger partial charge on any atom is 0.337 e. The second-order valence-electron chi connectivity index (χ2n) is 9.84. The molecule has 1 amide bonds. The van der Waals surface area contributed by atoms with Crippen LogP contribution in [0.25, 0.3) is 5.69 Å². The summed E-state index contributed by atoms with van der Waals surface area (Å²) in [6, 6.07) is 13.5. The summed E-state index contributed by atoms with van der Waals surface area (Å²) in [5.41, 5.74) is 0.982. The van der Waals surface area contributed by atoms with Gasteiger partial charge in [0.25, 0.3) is 0 Å². The molecule has 3 aromatic carbocycles. The van der Waals surface area contributed by atoms with E-state index in [2.05, 4.69) is 15.7 Å². The molecule has 1 fully saturated rings. The molecule has 2 heterocycles. The number of esters is 1. The molecular weight excluding hydrogens is 579 g/mol. The Balaban J connectivity index is 1.25. The molecule has 13 heteroatoms. The fourth-order valence-electron chi connectivity index (χ4n) is 4.37. The van der Waals surface area contributed by atoms with Gasteiger partial charge < -0.3 is 24.8 Å². The summed E-state index contributed by atoms with van der Waals surface area (Å²) >= 11 is 0. The largest absolute Gasteiger partial charge is 0.472 e. The Kier molecular flexibility index (Phi) is 9.11. The number of hydrogen-bond donors (Lipinski definition) is 2. The zero-order valence-electron chi connectivity index (χ0n) is 23.4. The van der Waals surface area contributed by atoms with Crippen molar-refractivity contribution in [3.63, 3.8) is 0 Å². The summed E-state index contributed by atoms with van der Waals surface area (Å²) in [6.07, 6.45) is 1.74. The van der Waals surface area contributed by atoms with Gasteiger partial charge in [-0.15, -0.1) is 5.10 Å². The predicted molar refractivity (Wildman–Crippen MR) is 152 cm³/mol. The molecule has 0 unspecified atom stereocenters. The molecular formula is C31H26F3N5O5. The summed E-state index contributed by atoms with van der Waals surface area (Å²) < 4.78 is 60.9. The first-order valence-electron chi connectivity index (χ1n) is 13.5. The van der Waals surface area contributed by atoms with Gasteiger partial charge in [-0.3, -0.25) is 4.79 Å². The highest BCUT2D eigenvalue weighted by atomic mass is 19.1. The van der Waals surface area contributed by atoms with E-state index in [0.29, 0.717) is 24.5 Å². The standard InChI is InChI=1S/C31H26F3N5O5/c1-42-31(41)19-4-5-26(27(12-19)36-16-22-7-9-43-22)37-29(40)13-21-11-25(34)28(14-24(21)33)39-8-6-30(38-39)44-17-20-3-2-18(15-35)10-23(20)32/h2-6,8,10-12,14,22,36H,7,9,13,16-17H2,1H3,(H,37,40)/t22-/m0/s1. The molecule has 0 saturated carbocycles. The normalized spacial score (nSPS) is 13.8. The highest BCUT2D eigenvalue weighted by Crippen LogP contribution is 2.26. The number of rotatable bonds is 11. The lowest BCUT2D eigenvalue weighted by atomic mass is 10.1. The van der Waals surface area contributed by atoms with E-state index >= 15 is 8.78 Å². The molecule has 10 nitrogen and oxygen atoms in total. The average Bonchev–Trinajstić information content (AvgIpc) is 3.46. The maximum absolute atomic E-state index is 15.1. The number of nitrogens with one attached hydrogen (secondary N) is 2. The van der Waals surface area contributed by atoms with E-state index in [0.717, 1.165) is 29.3 Å². The van der Waals surface area contributed by atoms with Crippen molar-refractivity contribution in [1.82, 2.24) is 9.78 Å². The molecule has 5 rings (SSSR count). The molecule has 0 radical (unpaired) electrons. The number of methoxy groups -OCH3 is 1. The van der Waals surface area contributed by atoms with Gasteiger partial charge in [-0.25, -0.2) is 22.6 Å². The number of anilines is 2. The second kappa shape index (κ2) is 13.3. The van der Waals surface area contributed by atoms with Crippen LogP contribution in [0.4, 0.5) is 24.5 Å². The minimum absolute atomic E-state index is 0.00102. The summed E-state index contributed by atoms with van der Waals surface area (Å²) in [5, 5.41) is 18.8. The third-order valence-corrected chi connectivity index (χ3v) is 6.86. The third-order valence-electron chi connectivity index (χ3n) is 6.86. The van der Waals surface area contributed by atoms with Crippen LogP contribution in [0.3, 0.4) is 0 Å². The number of benzene rings is 3. The fraction of sp³-hybridized carbons (Fsp3) is 0.226. The summed E-state index contributed by atoms with van der Waals surface area (Å²) in [5.74, 6) is -3.44. The third kappa shape index (κ3) is 6.99. The topological polar surface area (TPSA) is 128 Å². The van der Waals surface area contributed by atoms with Gasteiger partial charge >= 0.3 is 5.97 Å². The summed E-state index contributed by atoms with van der Waals surface area (Å²) in [6.45, 7) is 0.910. The van der Waals surface area contributed by atoms with Crippen molar-refractivity contribution in [2.45, 2.75) is 25.6 Å². The minimum Gasteiger partial charge on any atom is -0.472 e. The Morgan fingerprint density at radius 3 is 2.55 bits per heavy atom. The van der Waals surface area contributed by atoms with E-state index < -0.39 is 35.7 Å². The quantitative estimate of drug-likeness (QED) is 0.231. The van der Waals surface area contributed by atoms with Crippen LogP contribution in [0.15, 0.2) is 60.8 Å². The van der Waals surface area contributed by atoms with Gasteiger partial charge in [-0.05, 0) is 42.8 Å². The van der Waals surface area contributed by atoms with Gasteiger partial charge in [0.2, 0.25) is 11.8 Å². The smallest absolute Gasteiger partial charge is 0.337 e. The SMILES string of the molecule is COC(=O)c1ccc(NC(=O)Cc2cc(F)c(-n3ccc(OCc4ccc(C#N)cc4F)n3)cc2F)c(NC[C@@H]2CCO2)c1. The summed E-state index contributed by atoms with van der Waals surface area (Å²) in [4.78, 5) is 24.9. The van der Waals surface area contributed by atoms with Crippen molar-refractivity contribution in [2.24, 2.45) is 0 Å². The molecule has 0 spiro atoms. The number of nitriles is 1. The van der Waals surface area contributed by atoms with Crippen LogP contribution in [0.5, 0.6) is 5.88 Å². The van der Waals surface area contributed by atoms with Gasteiger partial charge in [0.05, 0.1) is 48.2 Å². The first-order chi connectivity index (χ1) is 21.2. The van der Waals surface area contributed by atoms with E-state index in [4.69, 9.17) is 19.5 Å². The highest BCUT2D eigenvalue weighted by molar-refractivity contribution is 5.98. The molecule has 1 aliphatic heterocycles. The molecule has 1 saturated heterocycles. The lowest BCUT2D eigenvalue weighted by Gasteiger charge is -2.27. The van der Waals surface area contributed by atoms with Gasteiger partial charge in [0, 0.05) is 42.6 Å². The molecule has 226 valence electrons. The predicted octanol–water partition coefficient (Wildman–Crippen LogP) is 4.91. The number of nitrogens with zero attached hydrogens (tertiary/aromatic N) is 3. The number of hydrogen-bond acceptors (Lipinski definition) is 8. The van der Waals surface area contributed by atoms with Gasteiger partial charge in [0.15, 0.2) is 0 Å². The van der Waals surface area contributed by atoms with Crippen LogP contribution in [0.2, 0.25) is 0 Å². The second-order valence-corrected chi connectivity index (χ2v) is 9.84. The van der Waals surface area contributed by atoms with Gasteiger partial charge in [-0.2, -0.15) is 5.26 Å². The zero-order chi connectivity index (χ0) is 31.2. The first kappa shape index (κ1) is 30.1. The molecule has 1 aliphatic rings. The van der Waals surface area contributed by atoms with E-state index in [1.807, 2.05) is 6.07 Å². The molecule has 2 N–H and O–H groups in total. The molecule has 0 aliphatic carbocycles. The Hall–Kier alpha value is -5.35. The molecule has 0 bridgehead atoms. The van der Waals surface area contributed by atoms with Crippen molar-refractivity contribution in [2.75, 3.05) is 30.9 Å². The minimum atomic E-state index is -0.840. The number of ether oxygens (including phenoxy) is 3. The van der Waals surface area contributed by atoms with E-state index in [1.165, 1.54) is 49.7 Å². The van der Waals surface area contributed by atoms with Crippen molar-refractivity contribution in [1.29, 1.82) is 5.26 Å². The fourth-order valence-corrected chi connectivity index (χ4v) is 4.37. The van der Waals surface area contributed by atoms with Crippen molar-refractivity contribution in [3.05, 3.63) is 100 Å². The number of amides is 1. The van der Waals surface area contributed by atoms with Crippen molar-refractivity contribution >= 4 is 23.3 Å². The van der Waals surface area contributed by atoms with Crippen LogP contribution in [0, 0.1) is 28.8 Å². The monoisotopic (exact) mass is 605 g/mol. The summed E-state index contributed by atoms with van der Waals surface area (Å²) in [7, 11) is 1.26. The van der Waals surface area contributed by atoms with E-state index in [9.17, 15) is 14.0 Å². The van der Waals surface area contributed by atoms with Crippen LogP contribution >= 0.6 is 0 Å². The van der Waals surface area contributed by atoms with Crippen LogP contribution in [0.1, 0.15) is 33.5 Å². The maximum atomic E-state index is 15.1. The van der Waals surface area contributed by atoms with Gasteiger partial charge in [0.1, 0.15) is 29.7 Å². The first-order valence-corrected chi connectivity index (χ1v) is 13.5. The molecule has 1 aromatic heterocycles. The number of aromatic nitrogens is 2. The van der Waals surface area contributed by atoms with Crippen molar-refractivity contribution < 1.29 is 37.0 Å². The number of halogens is 3. The van der Waals surface area contributed by atoms with Crippen molar-refractivity contribution in [3.8, 4) is 17.6 Å². The van der Waals surface area contributed by atoms with E-state index in [-0.39, 0.29) is 46.5 Å². The van der Waals surface area contributed by atoms with Crippen LogP contribution < -0.4 is 15.4 Å². The van der Waals surface area contributed by atoms with Gasteiger partial charge in [-0.1, -0.05) is 6.07 Å². The zero-order valence-corrected chi connectivity index (χ0v) is 23.4. The lowest BCUT2D eigenvalue weighted by Crippen LogP contribution is -2.33. The Bertz CT molecular complexity index is 1750. The van der Waals surface area contributed by atoms with Crippen LogP contribution in [-0.4, -0.2) is 48.0 Å². The lowest BCUT2D eigenvalue weighted by molar-refractivity contribution is -0.115. The molecule has 1 atom stereocenters. The molecule has 4 aromatic rings. The van der Waals surface area contributed by atoms with Crippen LogP contribution in [-0.2, 0) is 27.3 Å². The number of carbonyl (C=O) groups is 2. The Morgan fingerprint density at radius 1 is 1.05 bits per heavy atom.